The van der Waals surface area contributed by atoms with E-state index < -0.39 is 15.8 Å². The van der Waals surface area contributed by atoms with E-state index in [9.17, 15) is 12.8 Å². The molecule has 2 rings (SSSR count). The summed E-state index contributed by atoms with van der Waals surface area (Å²) < 4.78 is 41.1. The van der Waals surface area contributed by atoms with Crippen LogP contribution in [0, 0.1) is 19.7 Å². The van der Waals surface area contributed by atoms with Crippen LogP contribution in [0.2, 0.25) is 0 Å². The predicted octanol–water partition coefficient (Wildman–Crippen LogP) is 3.87. The lowest BCUT2D eigenvalue weighted by molar-refractivity contribution is 0.548. The van der Waals surface area contributed by atoms with E-state index in [-0.39, 0.29) is 10.9 Å². The van der Waals surface area contributed by atoms with Gasteiger partial charge in [0.15, 0.2) is 0 Å². The number of rotatable bonds is 5. The average Bonchev–Trinajstić information content (AvgIpc) is 2.48. The molecule has 0 saturated heterocycles. The number of benzene rings is 2. The van der Waals surface area contributed by atoms with Gasteiger partial charge in [0.05, 0.1) is 4.90 Å². The highest BCUT2D eigenvalue weighted by molar-refractivity contribution is 7.89. The molecule has 0 aliphatic rings. The second-order valence-electron chi connectivity index (χ2n) is 5.35. The number of nitrogens with one attached hydrogen (secondary N) is 1. The van der Waals surface area contributed by atoms with Crippen molar-refractivity contribution in [3.05, 3.63) is 65.0 Å². The third-order valence-electron chi connectivity index (χ3n) is 3.71. The highest BCUT2D eigenvalue weighted by Crippen LogP contribution is 2.23. The van der Waals surface area contributed by atoms with Gasteiger partial charge in [0, 0.05) is 6.04 Å². The van der Waals surface area contributed by atoms with Crippen LogP contribution in [0.3, 0.4) is 0 Å². The Bertz CT molecular complexity index is 772. The minimum Gasteiger partial charge on any atom is -0.207 e. The summed E-state index contributed by atoms with van der Waals surface area (Å²) in [6.45, 7) is 5.43. The van der Waals surface area contributed by atoms with Gasteiger partial charge in [-0.15, -0.1) is 0 Å². The maximum atomic E-state index is 13.3. The highest BCUT2D eigenvalue weighted by atomic mass is 32.2. The lowest BCUT2D eigenvalue weighted by Gasteiger charge is -2.19. The molecule has 2 aromatic carbocycles. The van der Waals surface area contributed by atoms with Gasteiger partial charge in [-0.1, -0.05) is 31.2 Å². The largest absolute Gasteiger partial charge is 0.241 e. The Morgan fingerprint density at radius 1 is 1.09 bits per heavy atom. The Morgan fingerprint density at radius 3 is 2.36 bits per heavy atom. The molecule has 0 aromatic heterocycles. The van der Waals surface area contributed by atoms with Gasteiger partial charge < -0.3 is 0 Å². The molecule has 0 aliphatic heterocycles. The van der Waals surface area contributed by atoms with Gasteiger partial charge in [-0.2, -0.15) is 0 Å². The van der Waals surface area contributed by atoms with Crippen molar-refractivity contribution in [2.24, 2.45) is 0 Å². The summed E-state index contributed by atoms with van der Waals surface area (Å²) in [6, 6.07) is 11.2. The smallest absolute Gasteiger partial charge is 0.207 e. The van der Waals surface area contributed by atoms with E-state index in [0.717, 1.165) is 11.1 Å². The Kier molecular flexibility index (Phi) is 4.98. The van der Waals surface area contributed by atoms with Crippen molar-refractivity contribution in [3.63, 3.8) is 0 Å². The molecule has 0 spiro atoms. The molecule has 1 N–H and O–H groups in total. The van der Waals surface area contributed by atoms with Crippen molar-refractivity contribution in [1.82, 2.24) is 4.72 Å². The molecule has 5 heteroatoms. The summed E-state index contributed by atoms with van der Waals surface area (Å²) in [6.07, 6.45) is 0.629. The highest BCUT2D eigenvalue weighted by Gasteiger charge is 2.21. The van der Waals surface area contributed by atoms with Crippen LogP contribution >= 0.6 is 0 Å². The second kappa shape index (κ2) is 6.58. The van der Waals surface area contributed by atoms with E-state index in [1.165, 1.54) is 18.2 Å². The Labute approximate surface area is 131 Å². The maximum Gasteiger partial charge on any atom is 0.241 e. The lowest BCUT2D eigenvalue weighted by atomic mass is 10.0. The topological polar surface area (TPSA) is 46.2 Å². The Morgan fingerprint density at radius 2 is 1.77 bits per heavy atom. The number of hydrogen-bond donors (Lipinski definition) is 1. The zero-order valence-corrected chi connectivity index (χ0v) is 13.7. The SMILES string of the molecule is CC[C@@H](NS(=O)(=O)c1ccc(F)c(C)c1)c1ccccc1C. The predicted molar refractivity (Wildman–Crippen MR) is 85.7 cm³/mol. The lowest BCUT2D eigenvalue weighted by Crippen LogP contribution is -2.28. The first kappa shape index (κ1) is 16.6. The standard InChI is InChI=1S/C17H20FNO2S/c1-4-17(15-8-6-5-7-12(15)2)19-22(20,21)14-9-10-16(18)13(3)11-14/h5-11,17,19H,4H2,1-3H3/t17-/m1/s1. The first-order chi connectivity index (χ1) is 10.3. The fourth-order valence-corrected chi connectivity index (χ4v) is 3.77. The van der Waals surface area contributed by atoms with Crippen LogP contribution in [0.1, 0.15) is 36.1 Å². The Balaban J connectivity index is 2.34. The van der Waals surface area contributed by atoms with Crippen LogP contribution in [0.5, 0.6) is 0 Å². The molecule has 0 fully saturated rings. The second-order valence-corrected chi connectivity index (χ2v) is 7.06. The van der Waals surface area contributed by atoms with Crippen LogP contribution in [-0.4, -0.2) is 8.42 Å². The molecule has 2 aromatic rings. The van der Waals surface area contributed by atoms with Crippen LogP contribution in [-0.2, 0) is 10.0 Å². The van der Waals surface area contributed by atoms with Gasteiger partial charge in [-0.3, -0.25) is 0 Å². The molecule has 3 nitrogen and oxygen atoms in total. The average molecular weight is 321 g/mol. The number of halogens is 1. The minimum absolute atomic E-state index is 0.0819. The number of sulfonamides is 1. The molecular weight excluding hydrogens is 301 g/mol. The van der Waals surface area contributed by atoms with Gasteiger partial charge in [0.1, 0.15) is 5.82 Å². The summed E-state index contributed by atoms with van der Waals surface area (Å²) in [7, 11) is -3.69. The molecule has 0 saturated carbocycles. The maximum absolute atomic E-state index is 13.3. The molecule has 22 heavy (non-hydrogen) atoms. The summed E-state index contributed by atoms with van der Waals surface area (Å²) in [5.74, 6) is -0.412. The number of aryl methyl sites for hydroxylation is 2. The molecule has 1 atom stereocenters. The molecule has 0 amide bonds. The summed E-state index contributed by atoms with van der Waals surface area (Å²) in [4.78, 5) is 0.0819. The molecule has 0 radical (unpaired) electrons. The fraction of sp³-hybridized carbons (Fsp3) is 0.294. The van der Waals surface area contributed by atoms with Crippen molar-refractivity contribution >= 4 is 10.0 Å². The van der Waals surface area contributed by atoms with Gasteiger partial charge in [0.2, 0.25) is 10.0 Å². The molecule has 0 aliphatic carbocycles. The molecule has 0 unspecified atom stereocenters. The quantitative estimate of drug-likeness (QED) is 0.908. The van der Waals surface area contributed by atoms with E-state index in [0.29, 0.717) is 12.0 Å². The molecule has 0 bridgehead atoms. The van der Waals surface area contributed by atoms with Gasteiger partial charge in [-0.25, -0.2) is 17.5 Å². The first-order valence-electron chi connectivity index (χ1n) is 7.19. The third-order valence-corrected chi connectivity index (χ3v) is 5.18. The van der Waals surface area contributed by atoms with Crippen molar-refractivity contribution in [3.8, 4) is 0 Å². The van der Waals surface area contributed by atoms with E-state index in [1.807, 2.05) is 38.1 Å². The zero-order chi connectivity index (χ0) is 16.3. The van der Waals surface area contributed by atoms with Gasteiger partial charge >= 0.3 is 0 Å². The van der Waals surface area contributed by atoms with Crippen LogP contribution in [0.25, 0.3) is 0 Å². The fourth-order valence-electron chi connectivity index (χ4n) is 2.38. The van der Waals surface area contributed by atoms with Crippen LogP contribution < -0.4 is 4.72 Å². The summed E-state index contributed by atoms with van der Waals surface area (Å²) >= 11 is 0. The van der Waals surface area contributed by atoms with E-state index in [2.05, 4.69) is 4.72 Å². The Hall–Kier alpha value is -1.72. The van der Waals surface area contributed by atoms with E-state index >= 15 is 0 Å². The normalized spacial score (nSPS) is 13.1. The van der Waals surface area contributed by atoms with Crippen LogP contribution in [0.15, 0.2) is 47.4 Å². The van der Waals surface area contributed by atoms with Gasteiger partial charge in [-0.05, 0) is 55.2 Å². The van der Waals surface area contributed by atoms with Crippen molar-refractivity contribution in [1.29, 1.82) is 0 Å². The van der Waals surface area contributed by atoms with Gasteiger partial charge in [0.25, 0.3) is 0 Å². The first-order valence-corrected chi connectivity index (χ1v) is 8.67. The zero-order valence-electron chi connectivity index (χ0n) is 12.9. The summed E-state index contributed by atoms with van der Waals surface area (Å²) in [5, 5.41) is 0. The summed E-state index contributed by atoms with van der Waals surface area (Å²) in [5.41, 5.74) is 2.30. The molecular formula is C17H20FNO2S. The van der Waals surface area contributed by atoms with Crippen molar-refractivity contribution in [2.75, 3.05) is 0 Å². The van der Waals surface area contributed by atoms with E-state index in [1.54, 1.807) is 6.92 Å². The van der Waals surface area contributed by atoms with Crippen molar-refractivity contribution in [2.45, 2.75) is 38.1 Å². The number of hydrogen-bond acceptors (Lipinski definition) is 2. The van der Waals surface area contributed by atoms with Crippen LogP contribution in [0.4, 0.5) is 4.39 Å². The minimum atomic E-state index is -3.69. The van der Waals surface area contributed by atoms with Crippen molar-refractivity contribution < 1.29 is 12.8 Å². The third kappa shape index (κ3) is 3.54. The molecule has 0 heterocycles. The molecule has 118 valence electrons. The monoisotopic (exact) mass is 321 g/mol. The van der Waals surface area contributed by atoms with E-state index in [4.69, 9.17) is 0 Å².